The Kier molecular flexibility index (Phi) is 6.09. The van der Waals surface area contributed by atoms with Gasteiger partial charge in [0.25, 0.3) is 5.91 Å². The SMILES string of the molecule is Cc1cccc(NC(=O)c2ccccc2NC(=O)[C@H]2CCCC[C@H]2C(=O)[O-])c1. The Morgan fingerprint density at radius 2 is 1.64 bits per heavy atom. The average molecular weight is 379 g/mol. The van der Waals surface area contributed by atoms with Crippen molar-refractivity contribution >= 4 is 29.2 Å². The molecule has 2 aromatic carbocycles. The maximum Gasteiger partial charge on any atom is 0.257 e. The fourth-order valence-electron chi connectivity index (χ4n) is 3.66. The van der Waals surface area contributed by atoms with Crippen LogP contribution < -0.4 is 15.7 Å². The zero-order valence-electron chi connectivity index (χ0n) is 15.7. The minimum atomic E-state index is -1.19. The summed E-state index contributed by atoms with van der Waals surface area (Å²) in [5.41, 5.74) is 2.36. The molecule has 2 atom stereocenters. The molecule has 2 N–H and O–H groups in total. The fraction of sp³-hybridized carbons (Fsp3) is 0.318. The van der Waals surface area contributed by atoms with Crippen molar-refractivity contribution in [3.05, 3.63) is 59.7 Å². The Morgan fingerprint density at radius 3 is 2.36 bits per heavy atom. The average Bonchev–Trinajstić information content (AvgIpc) is 2.68. The normalized spacial score (nSPS) is 18.9. The third-order valence-corrected chi connectivity index (χ3v) is 5.11. The Morgan fingerprint density at radius 1 is 0.929 bits per heavy atom. The molecule has 0 aromatic heterocycles. The van der Waals surface area contributed by atoms with Gasteiger partial charge >= 0.3 is 0 Å². The van der Waals surface area contributed by atoms with Crippen LogP contribution in [0.25, 0.3) is 0 Å². The molecule has 1 aliphatic rings. The first-order chi connectivity index (χ1) is 13.5. The first-order valence-corrected chi connectivity index (χ1v) is 9.44. The lowest BCUT2D eigenvalue weighted by molar-refractivity contribution is -0.313. The van der Waals surface area contributed by atoms with Crippen LogP contribution in [0, 0.1) is 18.8 Å². The Bertz CT molecular complexity index is 894. The molecule has 0 saturated heterocycles. The van der Waals surface area contributed by atoms with E-state index in [1.807, 2.05) is 25.1 Å². The second-order valence-electron chi connectivity index (χ2n) is 7.17. The van der Waals surface area contributed by atoms with Gasteiger partial charge in [-0.3, -0.25) is 9.59 Å². The number of carbonyl (C=O) groups is 3. The van der Waals surface area contributed by atoms with Crippen molar-refractivity contribution in [1.82, 2.24) is 0 Å². The van der Waals surface area contributed by atoms with Crippen LogP contribution in [0.5, 0.6) is 0 Å². The van der Waals surface area contributed by atoms with E-state index in [2.05, 4.69) is 10.6 Å². The molecule has 1 fully saturated rings. The summed E-state index contributed by atoms with van der Waals surface area (Å²) in [5.74, 6) is -3.36. The molecule has 0 aliphatic heterocycles. The predicted octanol–water partition coefficient (Wildman–Crippen LogP) is 2.74. The molecule has 146 valence electrons. The summed E-state index contributed by atoms with van der Waals surface area (Å²) in [7, 11) is 0. The number of rotatable bonds is 5. The van der Waals surface area contributed by atoms with E-state index in [9.17, 15) is 19.5 Å². The highest BCUT2D eigenvalue weighted by molar-refractivity contribution is 6.10. The van der Waals surface area contributed by atoms with Gasteiger partial charge in [0, 0.05) is 23.5 Å². The van der Waals surface area contributed by atoms with Crippen molar-refractivity contribution < 1.29 is 19.5 Å². The lowest BCUT2D eigenvalue weighted by atomic mass is 9.78. The molecule has 0 spiro atoms. The van der Waals surface area contributed by atoms with Crippen LogP contribution in [-0.2, 0) is 9.59 Å². The Labute approximate surface area is 164 Å². The van der Waals surface area contributed by atoms with E-state index in [1.165, 1.54) is 0 Å². The molecule has 0 heterocycles. The lowest BCUT2D eigenvalue weighted by Crippen LogP contribution is -2.42. The molecule has 6 heteroatoms. The van der Waals surface area contributed by atoms with Crippen LogP contribution in [0.2, 0.25) is 0 Å². The maximum atomic E-state index is 12.7. The van der Waals surface area contributed by atoms with E-state index >= 15 is 0 Å². The fourth-order valence-corrected chi connectivity index (χ4v) is 3.66. The number of para-hydroxylation sites is 1. The summed E-state index contributed by atoms with van der Waals surface area (Å²) in [6, 6.07) is 14.1. The summed E-state index contributed by atoms with van der Waals surface area (Å²) in [6.07, 6.45) is 2.52. The zero-order chi connectivity index (χ0) is 20.1. The molecular formula is C22H23N2O4-. The van der Waals surface area contributed by atoms with Crippen molar-refractivity contribution in [3.8, 4) is 0 Å². The molecule has 0 radical (unpaired) electrons. The van der Waals surface area contributed by atoms with E-state index in [0.717, 1.165) is 18.4 Å². The highest BCUT2D eigenvalue weighted by Gasteiger charge is 2.32. The van der Waals surface area contributed by atoms with Crippen LogP contribution in [0.15, 0.2) is 48.5 Å². The second kappa shape index (κ2) is 8.69. The molecule has 2 amide bonds. The van der Waals surface area contributed by atoms with Crippen molar-refractivity contribution in [2.75, 3.05) is 10.6 Å². The standard InChI is InChI=1S/C22H24N2O4/c1-14-7-6-8-15(13-14)23-21(26)18-11-4-5-12-19(18)24-20(25)16-9-2-3-10-17(16)22(27)28/h4-8,11-13,16-17H,2-3,9-10H2,1H3,(H,23,26)(H,24,25)(H,27,28)/p-1/t16-,17+/m0/s1. The van der Waals surface area contributed by atoms with Crippen molar-refractivity contribution in [2.45, 2.75) is 32.6 Å². The monoisotopic (exact) mass is 379 g/mol. The molecule has 2 aromatic rings. The number of amides is 2. The molecule has 0 unspecified atom stereocenters. The minimum absolute atomic E-state index is 0.318. The van der Waals surface area contributed by atoms with Crippen LogP contribution in [0.4, 0.5) is 11.4 Å². The number of aliphatic carboxylic acids is 1. The van der Waals surface area contributed by atoms with Crippen molar-refractivity contribution in [2.24, 2.45) is 11.8 Å². The Balaban J connectivity index is 1.77. The minimum Gasteiger partial charge on any atom is -0.550 e. The molecule has 3 rings (SSSR count). The zero-order valence-corrected chi connectivity index (χ0v) is 15.7. The number of hydrogen-bond acceptors (Lipinski definition) is 4. The van der Waals surface area contributed by atoms with Crippen LogP contribution in [0.3, 0.4) is 0 Å². The highest BCUT2D eigenvalue weighted by atomic mass is 16.4. The summed E-state index contributed by atoms with van der Waals surface area (Å²) in [4.78, 5) is 36.8. The molecule has 0 bridgehead atoms. The number of nitrogens with one attached hydrogen (secondary N) is 2. The lowest BCUT2D eigenvalue weighted by Gasteiger charge is -2.31. The highest BCUT2D eigenvalue weighted by Crippen LogP contribution is 2.31. The molecule has 6 nitrogen and oxygen atoms in total. The third-order valence-electron chi connectivity index (χ3n) is 5.11. The quantitative estimate of drug-likeness (QED) is 0.834. The van der Waals surface area contributed by atoms with Gasteiger partial charge in [0.15, 0.2) is 0 Å². The van der Waals surface area contributed by atoms with Gasteiger partial charge in [-0.15, -0.1) is 0 Å². The predicted molar refractivity (Wildman–Crippen MR) is 105 cm³/mol. The van der Waals surface area contributed by atoms with Gasteiger partial charge in [-0.2, -0.15) is 0 Å². The summed E-state index contributed by atoms with van der Waals surface area (Å²) >= 11 is 0. The second-order valence-corrected chi connectivity index (χ2v) is 7.17. The van der Waals surface area contributed by atoms with E-state index in [4.69, 9.17) is 0 Å². The van der Waals surface area contributed by atoms with Gasteiger partial charge in [0.2, 0.25) is 5.91 Å². The van der Waals surface area contributed by atoms with Crippen LogP contribution >= 0.6 is 0 Å². The first-order valence-electron chi connectivity index (χ1n) is 9.44. The number of carbonyl (C=O) groups excluding carboxylic acids is 3. The van der Waals surface area contributed by atoms with Crippen LogP contribution in [0.1, 0.15) is 41.6 Å². The van der Waals surface area contributed by atoms with E-state index in [-0.39, 0.29) is 11.8 Å². The van der Waals surface area contributed by atoms with E-state index in [1.54, 1.807) is 30.3 Å². The third kappa shape index (κ3) is 4.57. The van der Waals surface area contributed by atoms with Gasteiger partial charge in [0.1, 0.15) is 0 Å². The molecule has 1 aliphatic carbocycles. The smallest absolute Gasteiger partial charge is 0.257 e. The molecular weight excluding hydrogens is 356 g/mol. The number of carboxylic acids is 1. The topological polar surface area (TPSA) is 98.3 Å². The van der Waals surface area contributed by atoms with Gasteiger partial charge in [0.05, 0.1) is 11.3 Å². The van der Waals surface area contributed by atoms with Crippen molar-refractivity contribution in [3.63, 3.8) is 0 Å². The number of carboxylic acid groups (broad SMARTS) is 1. The summed E-state index contributed by atoms with van der Waals surface area (Å²) in [5, 5.41) is 16.9. The maximum absolute atomic E-state index is 12.7. The Hall–Kier alpha value is -3.15. The summed E-state index contributed by atoms with van der Waals surface area (Å²) < 4.78 is 0. The van der Waals surface area contributed by atoms with Gasteiger partial charge in [-0.25, -0.2) is 0 Å². The van der Waals surface area contributed by atoms with Crippen LogP contribution in [-0.4, -0.2) is 17.8 Å². The first kappa shape index (κ1) is 19.6. The van der Waals surface area contributed by atoms with E-state index < -0.39 is 17.8 Å². The number of benzene rings is 2. The van der Waals surface area contributed by atoms with Crippen molar-refractivity contribution in [1.29, 1.82) is 0 Å². The van der Waals surface area contributed by atoms with Gasteiger partial charge in [-0.05, 0) is 49.6 Å². The largest absolute Gasteiger partial charge is 0.550 e. The van der Waals surface area contributed by atoms with Gasteiger partial charge in [-0.1, -0.05) is 37.1 Å². The molecule has 1 saturated carbocycles. The number of anilines is 2. The number of hydrogen-bond donors (Lipinski definition) is 2. The van der Waals surface area contributed by atoms with E-state index in [0.29, 0.717) is 29.8 Å². The molecule has 28 heavy (non-hydrogen) atoms. The van der Waals surface area contributed by atoms with Gasteiger partial charge < -0.3 is 20.5 Å². The number of aryl methyl sites for hydroxylation is 1. The summed E-state index contributed by atoms with van der Waals surface area (Å²) in [6.45, 7) is 1.93.